The zero-order chi connectivity index (χ0) is 16.9. The lowest BCUT2D eigenvalue weighted by Crippen LogP contribution is -2.39. The smallest absolute Gasteiger partial charge is 0.242 e. The van der Waals surface area contributed by atoms with E-state index < -0.39 is 0 Å². The Morgan fingerprint density at radius 3 is 2.75 bits per heavy atom. The average Bonchev–Trinajstić information content (AvgIpc) is 3.06. The molecular formula is C18H20ClN3O2. The molecule has 6 heteroatoms. The second kappa shape index (κ2) is 7.66. The van der Waals surface area contributed by atoms with E-state index in [9.17, 15) is 4.79 Å². The lowest BCUT2D eigenvalue weighted by atomic mass is 10.0. The van der Waals surface area contributed by atoms with Gasteiger partial charge in [-0.05, 0) is 49.2 Å². The van der Waals surface area contributed by atoms with Crippen LogP contribution in [0.5, 0.6) is 5.75 Å². The van der Waals surface area contributed by atoms with Crippen LogP contribution in [0.1, 0.15) is 24.9 Å². The van der Waals surface area contributed by atoms with Gasteiger partial charge >= 0.3 is 0 Å². The van der Waals surface area contributed by atoms with Crippen molar-refractivity contribution in [3.05, 3.63) is 59.1 Å². The molecule has 2 aromatic carbocycles. The molecule has 2 atom stereocenters. The summed E-state index contributed by atoms with van der Waals surface area (Å²) < 4.78 is 5.45. The quantitative estimate of drug-likeness (QED) is 0.778. The Bertz CT molecular complexity index is 706. The summed E-state index contributed by atoms with van der Waals surface area (Å²) in [6, 6.07) is 14.8. The van der Waals surface area contributed by atoms with Gasteiger partial charge in [0, 0.05) is 16.8 Å². The Morgan fingerprint density at radius 2 is 2.04 bits per heavy atom. The van der Waals surface area contributed by atoms with Crippen molar-refractivity contribution in [2.75, 3.05) is 11.9 Å². The van der Waals surface area contributed by atoms with Crippen molar-refractivity contribution >= 4 is 23.2 Å². The third kappa shape index (κ3) is 4.06. The van der Waals surface area contributed by atoms with E-state index >= 15 is 0 Å². The molecule has 0 aliphatic carbocycles. The lowest BCUT2D eigenvalue weighted by molar-refractivity contribution is -0.117. The Balaban J connectivity index is 1.59. The number of ether oxygens (including phenoxy) is 1. The summed E-state index contributed by atoms with van der Waals surface area (Å²) in [5.74, 6) is 0.764. The van der Waals surface area contributed by atoms with E-state index in [1.807, 2.05) is 37.3 Å². The van der Waals surface area contributed by atoms with Crippen molar-refractivity contribution in [3.63, 3.8) is 0 Å². The second-order valence-electron chi connectivity index (χ2n) is 5.63. The van der Waals surface area contributed by atoms with Gasteiger partial charge in [-0.15, -0.1) is 0 Å². The number of anilines is 1. The number of benzene rings is 2. The van der Waals surface area contributed by atoms with Gasteiger partial charge in [-0.1, -0.05) is 29.8 Å². The van der Waals surface area contributed by atoms with Crippen molar-refractivity contribution < 1.29 is 9.53 Å². The summed E-state index contributed by atoms with van der Waals surface area (Å²) in [6.07, 6.45) is 0.667. The first-order chi connectivity index (χ1) is 11.7. The Hall–Kier alpha value is -2.08. The first-order valence-electron chi connectivity index (χ1n) is 7.96. The zero-order valence-electron chi connectivity index (χ0n) is 13.4. The molecular weight excluding hydrogens is 326 g/mol. The highest BCUT2D eigenvalue weighted by Gasteiger charge is 2.30. The van der Waals surface area contributed by atoms with Crippen LogP contribution in [-0.4, -0.2) is 18.6 Å². The van der Waals surface area contributed by atoms with Crippen LogP contribution < -0.4 is 20.9 Å². The number of amides is 1. The largest absolute Gasteiger partial charge is 0.494 e. The first kappa shape index (κ1) is 16.8. The van der Waals surface area contributed by atoms with Crippen LogP contribution in [0.15, 0.2) is 48.5 Å². The highest BCUT2D eigenvalue weighted by molar-refractivity contribution is 6.30. The number of carbonyl (C=O) groups excluding carboxylic acids is 1. The first-order valence-corrected chi connectivity index (χ1v) is 8.33. The maximum atomic E-state index is 12.4. The van der Waals surface area contributed by atoms with Gasteiger partial charge in [0.2, 0.25) is 5.91 Å². The fourth-order valence-corrected chi connectivity index (χ4v) is 2.90. The molecule has 0 spiro atoms. The van der Waals surface area contributed by atoms with Crippen LogP contribution in [0.4, 0.5) is 5.69 Å². The molecule has 1 aliphatic heterocycles. The molecule has 1 aliphatic rings. The number of hydrazine groups is 1. The van der Waals surface area contributed by atoms with Crippen LogP contribution in [-0.2, 0) is 4.79 Å². The van der Waals surface area contributed by atoms with Crippen LogP contribution in [0, 0.1) is 0 Å². The minimum absolute atomic E-state index is 0.0794. The molecule has 3 N–H and O–H groups in total. The number of carbonyl (C=O) groups is 1. The zero-order valence-corrected chi connectivity index (χ0v) is 14.1. The number of hydrogen-bond donors (Lipinski definition) is 3. The van der Waals surface area contributed by atoms with Gasteiger partial charge in [0.1, 0.15) is 11.8 Å². The van der Waals surface area contributed by atoms with Crippen LogP contribution in [0.2, 0.25) is 5.02 Å². The molecule has 0 radical (unpaired) electrons. The van der Waals surface area contributed by atoms with Gasteiger partial charge in [-0.3, -0.25) is 4.79 Å². The predicted molar refractivity (Wildman–Crippen MR) is 95.1 cm³/mol. The minimum Gasteiger partial charge on any atom is -0.494 e. The van der Waals surface area contributed by atoms with E-state index in [0.717, 1.165) is 11.3 Å². The van der Waals surface area contributed by atoms with Crippen molar-refractivity contribution in [1.29, 1.82) is 0 Å². The molecule has 2 unspecified atom stereocenters. The van der Waals surface area contributed by atoms with Crippen LogP contribution in [0.25, 0.3) is 0 Å². The third-order valence-electron chi connectivity index (χ3n) is 3.91. The summed E-state index contributed by atoms with van der Waals surface area (Å²) >= 11 is 5.94. The highest BCUT2D eigenvalue weighted by Crippen LogP contribution is 2.25. The minimum atomic E-state index is -0.305. The number of halogens is 1. The number of rotatable bonds is 5. The van der Waals surface area contributed by atoms with Gasteiger partial charge in [0.25, 0.3) is 0 Å². The molecule has 0 saturated carbocycles. The molecule has 5 nitrogen and oxygen atoms in total. The molecule has 3 rings (SSSR count). The molecule has 126 valence electrons. The van der Waals surface area contributed by atoms with Gasteiger partial charge < -0.3 is 10.1 Å². The fraction of sp³-hybridized carbons (Fsp3) is 0.278. The van der Waals surface area contributed by atoms with E-state index in [1.165, 1.54) is 0 Å². The molecule has 24 heavy (non-hydrogen) atoms. The summed E-state index contributed by atoms with van der Waals surface area (Å²) in [5.41, 5.74) is 8.04. The molecule has 1 saturated heterocycles. The normalized spacial score (nSPS) is 19.9. The van der Waals surface area contributed by atoms with E-state index in [4.69, 9.17) is 16.3 Å². The second-order valence-corrected chi connectivity index (χ2v) is 6.07. The van der Waals surface area contributed by atoms with Crippen molar-refractivity contribution in [1.82, 2.24) is 10.9 Å². The van der Waals surface area contributed by atoms with E-state index in [2.05, 4.69) is 16.2 Å². The summed E-state index contributed by atoms with van der Waals surface area (Å²) in [4.78, 5) is 12.4. The maximum Gasteiger partial charge on any atom is 0.242 e. The molecule has 0 bridgehead atoms. The van der Waals surface area contributed by atoms with E-state index in [-0.39, 0.29) is 18.0 Å². The van der Waals surface area contributed by atoms with Gasteiger partial charge in [0.15, 0.2) is 0 Å². The molecule has 2 aromatic rings. The van der Waals surface area contributed by atoms with Gasteiger partial charge in [-0.25, -0.2) is 10.9 Å². The molecule has 1 fully saturated rings. The lowest BCUT2D eigenvalue weighted by Gasteiger charge is -2.11. The Labute approximate surface area is 146 Å². The summed E-state index contributed by atoms with van der Waals surface area (Å²) in [7, 11) is 0. The van der Waals surface area contributed by atoms with E-state index in [1.54, 1.807) is 18.2 Å². The van der Waals surface area contributed by atoms with Crippen molar-refractivity contribution in [2.24, 2.45) is 0 Å². The molecule has 0 aromatic heterocycles. The number of nitrogens with one attached hydrogen (secondary N) is 3. The van der Waals surface area contributed by atoms with Crippen LogP contribution in [0.3, 0.4) is 0 Å². The maximum absolute atomic E-state index is 12.4. The molecule has 1 heterocycles. The fourth-order valence-electron chi connectivity index (χ4n) is 2.71. The van der Waals surface area contributed by atoms with E-state index in [0.29, 0.717) is 23.7 Å². The topological polar surface area (TPSA) is 62.4 Å². The number of hydrogen-bond acceptors (Lipinski definition) is 4. The standard InChI is InChI=1S/C18H20ClN3O2/c1-2-24-15-8-6-12(7-9-15)16-11-17(22-21-16)18(23)20-14-5-3-4-13(19)10-14/h3-10,16-17,21-22H,2,11H2,1H3,(H,20,23). The van der Waals surface area contributed by atoms with Crippen molar-refractivity contribution in [3.8, 4) is 5.75 Å². The van der Waals surface area contributed by atoms with Gasteiger partial charge in [0.05, 0.1) is 6.61 Å². The summed E-state index contributed by atoms with van der Waals surface area (Å²) in [5, 5.41) is 3.47. The Kier molecular flexibility index (Phi) is 5.35. The molecule has 1 amide bonds. The average molecular weight is 346 g/mol. The highest BCUT2D eigenvalue weighted by atomic mass is 35.5. The SMILES string of the molecule is CCOc1ccc(C2CC(C(=O)Nc3cccc(Cl)c3)NN2)cc1. The summed E-state index contributed by atoms with van der Waals surface area (Å²) in [6.45, 7) is 2.60. The monoisotopic (exact) mass is 345 g/mol. The predicted octanol–water partition coefficient (Wildman–Crippen LogP) is 3.29. The third-order valence-corrected chi connectivity index (χ3v) is 4.14. The van der Waals surface area contributed by atoms with Crippen molar-refractivity contribution in [2.45, 2.75) is 25.4 Å². The van der Waals surface area contributed by atoms with Gasteiger partial charge in [-0.2, -0.15) is 0 Å². The van der Waals surface area contributed by atoms with Crippen LogP contribution >= 0.6 is 11.6 Å². The Morgan fingerprint density at radius 1 is 1.25 bits per heavy atom.